The maximum absolute atomic E-state index is 8.99. The van der Waals surface area contributed by atoms with Crippen molar-refractivity contribution in [2.75, 3.05) is 5.33 Å². The van der Waals surface area contributed by atoms with Crippen LogP contribution in [0.5, 0.6) is 0 Å². The highest BCUT2D eigenvalue weighted by Crippen LogP contribution is 2.08. The zero-order valence-corrected chi connectivity index (χ0v) is 9.65. The van der Waals surface area contributed by atoms with Crippen molar-refractivity contribution < 1.29 is 5.11 Å². The van der Waals surface area contributed by atoms with Crippen molar-refractivity contribution in [3.05, 3.63) is 0 Å². The van der Waals surface area contributed by atoms with Gasteiger partial charge >= 0.3 is 0 Å². The summed E-state index contributed by atoms with van der Waals surface area (Å²) in [7, 11) is 0. The molecule has 1 nitrogen and oxygen atoms in total. The zero-order valence-electron chi connectivity index (χ0n) is 8.06. The van der Waals surface area contributed by atoms with E-state index in [4.69, 9.17) is 5.11 Å². The number of hydrogen-bond donors (Lipinski definition) is 1. The van der Waals surface area contributed by atoms with Gasteiger partial charge in [-0.25, -0.2) is 0 Å². The fraction of sp³-hybridized carbons (Fsp3) is 1.00. The summed E-state index contributed by atoms with van der Waals surface area (Å²) in [6.07, 6.45) is 8.67. The topological polar surface area (TPSA) is 20.2 Å². The van der Waals surface area contributed by atoms with Crippen molar-refractivity contribution in [1.29, 1.82) is 0 Å². The highest BCUT2D eigenvalue weighted by molar-refractivity contribution is 9.09. The maximum atomic E-state index is 8.99. The molecule has 0 aromatic carbocycles. The van der Waals surface area contributed by atoms with E-state index in [2.05, 4.69) is 15.9 Å². The van der Waals surface area contributed by atoms with E-state index in [-0.39, 0.29) is 6.10 Å². The Hall–Kier alpha value is 0.440. The van der Waals surface area contributed by atoms with E-state index in [1.54, 1.807) is 0 Å². The first-order valence-electron chi connectivity index (χ1n) is 5.01. The Morgan fingerprint density at radius 2 is 1.50 bits per heavy atom. The molecule has 0 fully saturated rings. The lowest BCUT2D eigenvalue weighted by Crippen LogP contribution is -1.98. The van der Waals surface area contributed by atoms with Crippen LogP contribution in [0.15, 0.2) is 0 Å². The summed E-state index contributed by atoms with van der Waals surface area (Å²) in [4.78, 5) is 0. The number of alkyl halides is 1. The van der Waals surface area contributed by atoms with Crippen LogP contribution < -0.4 is 0 Å². The summed E-state index contributed by atoms with van der Waals surface area (Å²) in [5, 5.41) is 10.1. The molecular formula is C10H21BrO. The number of rotatable bonds is 8. The largest absolute Gasteiger partial charge is 0.393 e. The van der Waals surface area contributed by atoms with Crippen molar-refractivity contribution in [2.45, 2.75) is 58.0 Å². The van der Waals surface area contributed by atoms with Crippen molar-refractivity contribution >= 4 is 15.9 Å². The highest BCUT2D eigenvalue weighted by atomic mass is 79.9. The Balaban J connectivity index is 2.82. The van der Waals surface area contributed by atoms with Crippen LogP contribution in [0.2, 0.25) is 0 Å². The molecule has 0 bridgehead atoms. The minimum Gasteiger partial charge on any atom is -0.393 e. The molecule has 0 aliphatic heterocycles. The van der Waals surface area contributed by atoms with E-state index in [1.807, 2.05) is 6.92 Å². The van der Waals surface area contributed by atoms with Gasteiger partial charge in [0.15, 0.2) is 0 Å². The van der Waals surface area contributed by atoms with Gasteiger partial charge in [0.2, 0.25) is 0 Å². The molecule has 0 amide bonds. The Bertz CT molecular complexity index is 83.9. The first-order chi connectivity index (χ1) is 5.77. The molecule has 0 radical (unpaired) electrons. The lowest BCUT2D eigenvalue weighted by molar-refractivity contribution is 0.180. The van der Waals surface area contributed by atoms with Crippen LogP contribution in [0, 0.1) is 0 Å². The molecule has 0 unspecified atom stereocenters. The molecule has 0 saturated carbocycles. The second-order valence-corrected chi connectivity index (χ2v) is 4.24. The molecule has 1 N–H and O–H groups in total. The van der Waals surface area contributed by atoms with Crippen molar-refractivity contribution in [3.8, 4) is 0 Å². The average Bonchev–Trinajstić information content (AvgIpc) is 2.02. The molecule has 0 aliphatic carbocycles. The second-order valence-electron chi connectivity index (χ2n) is 3.45. The van der Waals surface area contributed by atoms with Crippen LogP contribution in [-0.2, 0) is 0 Å². The van der Waals surface area contributed by atoms with Gasteiger partial charge in [0, 0.05) is 5.33 Å². The van der Waals surface area contributed by atoms with Crippen LogP contribution in [-0.4, -0.2) is 16.5 Å². The second kappa shape index (κ2) is 9.53. The molecule has 0 saturated heterocycles. The van der Waals surface area contributed by atoms with Crippen LogP contribution in [0.4, 0.5) is 0 Å². The quantitative estimate of drug-likeness (QED) is 0.506. The van der Waals surface area contributed by atoms with Gasteiger partial charge in [-0.15, -0.1) is 0 Å². The Kier molecular flexibility index (Phi) is 9.88. The molecule has 1 atom stereocenters. The van der Waals surface area contributed by atoms with Crippen molar-refractivity contribution in [3.63, 3.8) is 0 Å². The number of hydrogen-bond acceptors (Lipinski definition) is 1. The third kappa shape index (κ3) is 10.4. The third-order valence-corrected chi connectivity index (χ3v) is 2.57. The minimum absolute atomic E-state index is 0.104. The lowest BCUT2D eigenvalue weighted by atomic mass is 10.1. The van der Waals surface area contributed by atoms with Crippen LogP contribution in [0.25, 0.3) is 0 Å². The predicted molar refractivity (Wildman–Crippen MR) is 57.8 cm³/mol. The van der Waals surface area contributed by atoms with Gasteiger partial charge in [-0.05, 0) is 19.8 Å². The Labute approximate surface area is 84.7 Å². The predicted octanol–water partition coefficient (Wildman–Crippen LogP) is 3.49. The number of aliphatic hydroxyl groups is 1. The monoisotopic (exact) mass is 236 g/mol. The molecule has 0 rings (SSSR count). The molecule has 74 valence electrons. The first-order valence-corrected chi connectivity index (χ1v) is 6.13. The number of halogens is 1. The molecule has 0 aliphatic rings. The van der Waals surface area contributed by atoms with E-state index in [1.165, 1.54) is 38.5 Å². The van der Waals surface area contributed by atoms with Crippen LogP contribution in [0.1, 0.15) is 51.9 Å². The van der Waals surface area contributed by atoms with Gasteiger partial charge in [-0.1, -0.05) is 48.0 Å². The fourth-order valence-electron chi connectivity index (χ4n) is 1.24. The summed E-state index contributed by atoms with van der Waals surface area (Å²) in [6, 6.07) is 0. The van der Waals surface area contributed by atoms with Crippen molar-refractivity contribution in [1.82, 2.24) is 0 Å². The van der Waals surface area contributed by atoms with Gasteiger partial charge in [-0.3, -0.25) is 0 Å². The summed E-state index contributed by atoms with van der Waals surface area (Å²) in [6.45, 7) is 1.87. The summed E-state index contributed by atoms with van der Waals surface area (Å²) in [5.74, 6) is 0. The average molecular weight is 237 g/mol. The number of unbranched alkanes of at least 4 members (excludes halogenated alkanes) is 5. The van der Waals surface area contributed by atoms with Gasteiger partial charge in [0.25, 0.3) is 0 Å². The summed E-state index contributed by atoms with van der Waals surface area (Å²) >= 11 is 3.42. The van der Waals surface area contributed by atoms with Crippen molar-refractivity contribution in [2.24, 2.45) is 0 Å². The van der Waals surface area contributed by atoms with Gasteiger partial charge < -0.3 is 5.11 Å². The third-order valence-electron chi connectivity index (χ3n) is 2.01. The molecule has 0 aromatic heterocycles. The van der Waals surface area contributed by atoms with Crippen LogP contribution in [0.3, 0.4) is 0 Å². The molecule has 12 heavy (non-hydrogen) atoms. The smallest absolute Gasteiger partial charge is 0.0512 e. The first kappa shape index (κ1) is 12.4. The minimum atomic E-state index is -0.104. The van der Waals surface area contributed by atoms with E-state index in [0.717, 1.165) is 11.8 Å². The van der Waals surface area contributed by atoms with E-state index in [9.17, 15) is 0 Å². The standard InChI is InChI=1S/C10H21BrO/c1-10(12)8-6-4-2-3-5-7-9-11/h10,12H,2-9H2,1H3/t10-/m1/s1. The highest BCUT2D eigenvalue weighted by Gasteiger charge is 1.95. The lowest BCUT2D eigenvalue weighted by Gasteiger charge is -2.03. The molecule has 0 aromatic rings. The van der Waals surface area contributed by atoms with Gasteiger partial charge in [-0.2, -0.15) is 0 Å². The summed E-state index contributed by atoms with van der Waals surface area (Å²) in [5.41, 5.74) is 0. The molecule has 2 heteroatoms. The summed E-state index contributed by atoms with van der Waals surface area (Å²) < 4.78 is 0. The van der Waals surface area contributed by atoms with Crippen LogP contribution >= 0.6 is 15.9 Å². The molecular weight excluding hydrogens is 216 g/mol. The Morgan fingerprint density at radius 1 is 1.00 bits per heavy atom. The SMILES string of the molecule is C[C@@H](O)CCCCCCCCBr. The molecule has 0 spiro atoms. The maximum Gasteiger partial charge on any atom is 0.0512 e. The van der Waals surface area contributed by atoms with Gasteiger partial charge in [0.1, 0.15) is 0 Å². The fourth-order valence-corrected chi connectivity index (χ4v) is 1.64. The van der Waals surface area contributed by atoms with E-state index < -0.39 is 0 Å². The number of aliphatic hydroxyl groups excluding tert-OH is 1. The van der Waals surface area contributed by atoms with E-state index in [0.29, 0.717) is 0 Å². The molecule has 0 heterocycles. The normalized spacial score (nSPS) is 13.2. The Morgan fingerprint density at radius 3 is 2.00 bits per heavy atom. The van der Waals surface area contributed by atoms with E-state index >= 15 is 0 Å². The zero-order chi connectivity index (χ0) is 9.23. The van der Waals surface area contributed by atoms with Gasteiger partial charge in [0.05, 0.1) is 6.10 Å².